The number of carbonyl (C=O) groups is 5. The predicted octanol–water partition coefficient (Wildman–Crippen LogP) is 4.66. The number of rotatable bonds is 7. The summed E-state index contributed by atoms with van der Waals surface area (Å²) in [5, 5.41) is 5.52. The molecule has 4 aromatic rings. The van der Waals surface area contributed by atoms with Crippen LogP contribution in [0.25, 0.3) is 22.2 Å². The molecule has 2 aromatic heterocycles. The minimum absolute atomic E-state index is 0.228. The lowest BCUT2D eigenvalue weighted by Crippen LogP contribution is -2.49. The molecule has 14 heteroatoms. The highest BCUT2D eigenvalue weighted by molar-refractivity contribution is 6.07. The molecule has 270 valence electrons. The Morgan fingerprint density at radius 3 is 1.96 bits per heavy atom. The van der Waals surface area contributed by atoms with E-state index in [0.717, 1.165) is 5.56 Å². The minimum Gasteiger partial charge on any atom is -0.467 e. The van der Waals surface area contributed by atoms with Gasteiger partial charge in [0.05, 0.1) is 30.4 Å². The summed E-state index contributed by atoms with van der Waals surface area (Å²) in [7, 11) is 1.18. The number of nitrogens with one attached hydrogen (secondary N) is 4. The average Bonchev–Trinajstić information content (AvgIpc) is 3.09. The highest BCUT2D eigenvalue weighted by Crippen LogP contribution is 2.25. The summed E-state index contributed by atoms with van der Waals surface area (Å²) in [5.74, 6) is 4.28. The molecule has 0 aliphatic heterocycles. The van der Waals surface area contributed by atoms with E-state index in [1.165, 1.54) is 13.3 Å². The molecule has 0 aliphatic carbocycles. The fourth-order valence-electron chi connectivity index (χ4n) is 4.53. The second-order valence-corrected chi connectivity index (χ2v) is 13.4. The number of ether oxygens (including phenoxy) is 3. The summed E-state index contributed by atoms with van der Waals surface area (Å²) in [6.07, 6.45) is 1.56. The number of amides is 4. The largest absolute Gasteiger partial charge is 0.467 e. The van der Waals surface area contributed by atoms with Crippen LogP contribution in [-0.2, 0) is 19.0 Å². The van der Waals surface area contributed by atoms with Crippen molar-refractivity contribution in [2.45, 2.75) is 58.8 Å². The number of hydrazine groups is 1. The van der Waals surface area contributed by atoms with Crippen LogP contribution in [0.2, 0.25) is 0 Å². The molecule has 0 fully saturated rings. The number of fused-ring (bicyclic) bond motifs is 1. The Hall–Kier alpha value is -6.49. The summed E-state index contributed by atoms with van der Waals surface area (Å²) < 4.78 is 15.1. The topological polar surface area (TPSA) is 187 Å². The molecular weight excluding hydrogens is 668 g/mol. The normalized spacial score (nSPS) is 11.6. The van der Waals surface area contributed by atoms with Gasteiger partial charge in [-0.25, -0.2) is 24.8 Å². The Balaban J connectivity index is 1.43. The van der Waals surface area contributed by atoms with Crippen molar-refractivity contribution in [2.24, 2.45) is 0 Å². The van der Waals surface area contributed by atoms with Crippen molar-refractivity contribution in [1.82, 2.24) is 31.5 Å². The number of benzene rings is 2. The van der Waals surface area contributed by atoms with Crippen LogP contribution in [0.1, 0.15) is 73.4 Å². The van der Waals surface area contributed by atoms with E-state index in [2.05, 4.69) is 38.3 Å². The van der Waals surface area contributed by atoms with Gasteiger partial charge in [0.1, 0.15) is 17.2 Å². The van der Waals surface area contributed by atoms with E-state index < -0.39 is 47.2 Å². The van der Waals surface area contributed by atoms with Crippen LogP contribution in [0.15, 0.2) is 73.1 Å². The zero-order chi connectivity index (χ0) is 38.1. The molecule has 1 unspecified atom stereocenters. The Labute approximate surface area is 301 Å². The SMILES string of the molecule is COC(=O)C(CNC(=O)OC(C)(C)C)NC(=O)c1ccc(C#Cc2ccc(-c3cc(C(=O)NNC(=O)OC(C)(C)C)c4cnccc4n3)cc2)cc1. The zero-order valence-corrected chi connectivity index (χ0v) is 29.9. The molecule has 4 rings (SSSR count). The summed E-state index contributed by atoms with van der Waals surface area (Å²) in [6.45, 7) is 10.0. The molecule has 0 aliphatic rings. The van der Waals surface area contributed by atoms with Crippen LogP contribution < -0.4 is 21.5 Å². The first kappa shape index (κ1) is 38.3. The Morgan fingerprint density at radius 1 is 0.769 bits per heavy atom. The zero-order valence-electron chi connectivity index (χ0n) is 29.9. The van der Waals surface area contributed by atoms with Gasteiger partial charge in [-0.15, -0.1) is 0 Å². The van der Waals surface area contributed by atoms with Gasteiger partial charge < -0.3 is 24.8 Å². The summed E-state index contributed by atoms with van der Waals surface area (Å²) in [6, 6.07) is 15.9. The maximum absolute atomic E-state index is 13.1. The van der Waals surface area contributed by atoms with E-state index in [4.69, 9.17) is 19.2 Å². The Kier molecular flexibility index (Phi) is 12.1. The molecule has 0 radical (unpaired) electrons. The Bertz CT molecular complexity index is 2020. The minimum atomic E-state index is -1.14. The van der Waals surface area contributed by atoms with Crippen LogP contribution in [0.3, 0.4) is 0 Å². The van der Waals surface area contributed by atoms with Crippen molar-refractivity contribution >= 4 is 40.9 Å². The van der Waals surface area contributed by atoms with Gasteiger partial charge in [0.25, 0.3) is 11.8 Å². The molecule has 52 heavy (non-hydrogen) atoms. The fraction of sp³-hybridized carbons (Fsp3) is 0.289. The van der Waals surface area contributed by atoms with Gasteiger partial charge in [0.2, 0.25) is 0 Å². The predicted molar refractivity (Wildman–Crippen MR) is 192 cm³/mol. The van der Waals surface area contributed by atoms with Crippen LogP contribution >= 0.6 is 0 Å². The number of carbonyl (C=O) groups excluding carboxylic acids is 5. The molecule has 0 saturated heterocycles. The highest BCUT2D eigenvalue weighted by atomic mass is 16.6. The smallest absolute Gasteiger partial charge is 0.426 e. The fourth-order valence-corrected chi connectivity index (χ4v) is 4.53. The van der Waals surface area contributed by atoms with Crippen LogP contribution in [-0.4, -0.2) is 70.8 Å². The molecule has 0 spiro atoms. The molecule has 4 N–H and O–H groups in total. The highest BCUT2D eigenvalue weighted by Gasteiger charge is 2.25. The van der Waals surface area contributed by atoms with Crippen LogP contribution in [0.4, 0.5) is 9.59 Å². The molecule has 14 nitrogen and oxygen atoms in total. The number of nitrogens with zero attached hydrogens (tertiary/aromatic N) is 2. The molecule has 4 amide bonds. The van der Waals surface area contributed by atoms with Crippen molar-refractivity contribution < 1.29 is 38.2 Å². The number of methoxy groups -OCH3 is 1. The monoisotopic (exact) mass is 708 g/mol. The van der Waals surface area contributed by atoms with Crippen molar-refractivity contribution in [3.63, 3.8) is 0 Å². The van der Waals surface area contributed by atoms with Gasteiger partial charge in [-0.2, -0.15) is 0 Å². The standard InChI is InChI=1S/C38H40N6O8/c1-37(2,3)51-35(48)40-22-31(34(47)50-7)42-32(45)26-16-12-24(13-17-26)9-8-23-10-14-25(15-11-23)30-20-27(28-21-39-19-18-29(28)41-30)33(46)43-44-36(49)52-38(4,5)6/h10-21,31H,22H2,1-7H3,(H,40,48)(H,42,45)(H,43,46)(H,44,49). The lowest BCUT2D eigenvalue weighted by Gasteiger charge is -2.21. The molecule has 1 atom stereocenters. The molecule has 0 saturated carbocycles. The maximum Gasteiger partial charge on any atom is 0.426 e. The van der Waals surface area contributed by atoms with E-state index in [1.54, 1.807) is 84.1 Å². The van der Waals surface area contributed by atoms with Crippen LogP contribution in [0.5, 0.6) is 0 Å². The molecular formula is C38H40N6O8. The third kappa shape index (κ3) is 11.3. The first-order valence-corrected chi connectivity index (χ1v) is 16.1. The number of alkyl carbamates (subject to hydrolysis) is 1. The first-order valence-electron chi connectivity index (χ1n) is 16.1. The quantitative estimate of drug-likeness (QED) is 0.0910. The van der Waals surface area contributed by atoms with Gasteiger partial charge in [0.15, 0.2) is 0 Å². The Morgan fingerprint density at radius 2 is 1.37 bits per heavy atom. The van der Waals surface area contributed by atoms with Crippen LogP contribution in [0, 0.1) is 11.8 Å². The van der Waals surface area contributed by atoms with E-state index in [1.807, 2.05) is 24.3 Å². The van der Waals surface area contributed by atoms with Crippen molar-refractivity contribution in [3.05, 3.63) is 95.3 Å². The van der Waals surface area contributed by atoms with E-state index in [9.17, 15) is 24.0 Å². The second-order valence-electron chi connectivity index (χ2n) is 13.4. The number of pyridine rings is 2. The summed E-state index contributed by atoms with van der Waals surface area (Å²) >= 11 is 0. The van der Waals surface area contributed by atoms with E-state index in [0.29, 0.717) is 27.7 Å². The number of aromatic nitrogens is 2. The third-order valence-electron chi connectivity index (χ3n) is 6.85. The van der Waals surface area contributed by atoms with Gasteiger partial charge in [-0.1, -0.05) is 24.0 Å². The van der Waals surface area contributed by atoms with Gasteiger partial charge >= 0.3 is 18.2 Å². The van der Waals surface area contributed by atoms with Crippen molar-refractivity contribution in [1.29, 1.82) is 0 Å². The molecule has 2 heterocycles. The van der Waals surface area contributed by atoms with Gasteiger partial charge in [-0.3, -0.25) is 20.0 Å². The average molecular weight is 709 g/mol. The number of esters is 1. The lowest BCUT2D eigenvalue weighted by molar-refractivity contribution is -0.142. The van der Waals surface area contributed by atoms with E-state index in [-0.39, 0.29) is 17.7 Å². The number of hydrogen-bond donors (Lipinski definition) is 4. The lowest BCUT2D eigenvalue weighted by atomic mass is 10.0. The molecule has 2 aromatic carbocycles. The van der Waals surface area contributed by atoms with Crippen molar-refractivity contribution in [3.8, 4) is 23.1 Å². The number of hydrogen-bond acceptors (Lipinski definition) is 10. The summed E-state index contributed by atoms with van der Waals surface area (Å²) in [4.78, 5) is 71.1. The van der Waals surface area contributed by atoms with E-state index >= 15 is 0 Å². The second kappa shape index (κ2) is 16.5. The van der Waals surface area contributed by atoms with Crippen molar-refractivity contribution in [2.75, 3.05) is 13.7 Å². The van der Waals surface area contributed by atoms with Gasteiger partial charge in [-0.05, 0) is 90.1 Å². The maximum atomic E-state index is 13.1. The summed E-state index contributed by atoms with van der Waals surface area (Å²) in [5.41, 5.74) is 6.81. The van der Waals surface area contributed by atoms with Gasteiger partial charge in [0, 0.05) is 40.0 Å². The first-order chi connectivity index (χ1) is 24.5. The molecule has 0 bridgehead atoms. The third-order valence-corrected chi connectivity index (χ3v) is 6.85.